The standard InChI is InChI=1S/C21H22O8/c22-9-15-17(25)18(26)19(27)21(29-15)16-12(23)7-6-11-13(24)8-14(28-20(11)16)10-4-2-1-3-5-10/h1-7,14-15,17-19,21-23,25-27H,8-9H2/t14-,15-,17-,18+,19-,21+/m1/s1. The van der Waals surface area contributed by atoms with Crippen LogP contribution in [0.25, 0.3) is 0 Å². The van der Waals surface area contributed by atoms with Crippen LogP contribution >= 0.6 is 0 Å². The molecular weight excluding hydrogens is 380 g/mol. The quantitative estimate of drug-likeness (QED) is 0.504. The Morgan fingerprint density at radius 3 is 2.38 bits per heavy atom. The monoisotopic (exact) mass is 402 g/mol. The maximum absolute atomic E-state index is 12.7. The number of Topliss-reactive ketones (excluding diaryl/α,β-unsaturated/α-hetero) is 1. The van der Waals surface area contributed by atoms with Crippen LogP contribution in [0.2, 0.25) is 0 Å². The van der Waals surface area contributed by atoms with Crippen LogP contribution in [-0.2, 0) is 4.74 Å². The van der Waals surface area contributed by atoms with Gasteiger partial charge in [0.2, 0.25) is 0 Å². The van der Waals surface area contributed by atoms with Crippen LogP contribution in [0.1, 0.15) is 40.1 Å². The lowest BCUT2D eigenvalue weighted by Crippen LogP contribution is -2.55. The largest absolute Gasteiger partial charge is 0.507 e. The van der Waals surface area contributed by atoms with E-state index in [1.165, 1.54) is 12.1 Å². The molecule has 5 N–H and O–H groups in total. The van der Waals surface area contributed by atoms with E-state index in [9.17, 15) is 30.3 Å². The average Bonchev–Trinajstić information content (AvgIpc) is 2.73. The fourth-order valence-corrected chi connectivity index (χ4v) is 3.87. The lowest BCUT2D eigenvalue weighted by atomic mass is 9.87. The van der Waals surface area contributed by atoms with Crippen LogP contribution in [0.3, 0.4) is 0 Å². The van der Waals surface area contributed by atoms with E-state index in [-0.39, 0.29) is 34.8 Å². The van der Waals surface area contributed by atoms with E-state index in [1.807, 2.05) is 30.3 Å². The Morgan fingerprint density at radius 2 is 1.69 bits per heavy atom. The van der Waals surface area contributed by atoms with Gasteiger partial charge in [0.1, 0.15) is 48.1 Å². The molecule has 1 fully saturated rings. The second kappa shape index (κ2) is 7.74. The summed E-state index contributed by atoms with van der Waals surface area (Å²) in [5.74, 6) is -0.444. The molecule has 8 nitrogen and oxygen atoms in total. The van der Waals surface area contributed by atoms with E-state index in [0.29, 0.717) is 0 Å². The molecule has 8 heteroatoms. The van der Waals surface area contributed by atoms with Gasteiger partial charge in [-0.1, -0.05) is 30.3 Å². The number of aliphatic hydroxyl groups excluding tert-OH is 4. The summed E-state index contributed by atoms with van der Waals surface area (Å²) < 4.78 is 11.6. The number of phenolic OH excluding ortho intramolecular Hbond substituents is 1. The van der Waals surface area contributed by atoms with E-state index in [0.717, 1.165) is 5.56 Å². The Morgan fingerprint density at radius 1 is 0.966 bits per heavy atom. The summed E-state index contributed by atoms with van der Waals surface area (Å²) in [6, 6.07) is 11.8. The summed E-state index contributed by atoms with van der Waals surface area (Å²) in [6.45, 7) is -0.607. The molecule has 0 spiro atoms. The maximum Gasteiger partial charge on any atom is 0.170 e. The third-order valence-electron chi connectivity index (χ3n) is 5.45. The molecule has 2 aliphatic rings. The lowest BCUT2D eigenvalue weighted by Gasteiger charge is -2.41. The number of phenols is 1. The number of rotatable bonds is 3. The third kappa shape index (κ3) is 3.39. The normalized spacial score (nSPS) is 31.8. The molecule has 0 radical (unpaired) electrons. The van der Waals surface area contributed by atoms with E-state index >= 15 is 0 Å². The molecule has 0 unspecified atom stereocenters. The third-order valence-corrected chi connectivity index (χ3v) is 5.45. The van der Waals surface area contributed by atoms with Crippen molar-refractivity contribution >= 4 is 5.78 Å². The van der Waals surface area contributed by atoms with E-state index < -0.39 is 43.2 Å². The number of benzene rings is 2. The molecule has 2 aromatic carbocycles. The highest BCUT2D eigenvalue weighted by Crippen LogP contribution is 2.47. The van der Waals surface area contributed by atoms with Gasteiger partial charge in [0, 0.05) is 0 Å². The molecule has 29 heavy (non-hydrogen) atoms. The average molecular weight is 402 g/mol. The van der Waals surface area contributed by atoms with Crippen molar-refractivity contribution in [3.05, 3.63) is 59.2 Å². The van der Waals surface area contributed by atoms with Gasteiger partial charge in [0.05, 0.1) is 24.2 Å². The van der Waals surface area contributed by atoms with Crippen LogP contribution in [0, 0.1) is 0 Å². The van der Waals surface area contributed by atoms with Gasteiger partial charge in [-0.2, -0.15) is 0 Å². The smallest absolute Gasteiger partial charge is 0.170 e. The summed E-state index contributed by atoms with van der Waals surface area (Å²) >= 11 is 0. The number of carbonyl (C=O) groups excluding carboxylic acids is 1. The maximum atomic E-state index is 12.7. The first-order valence-corrected chi connectivity index (χ1v) is 9.33. The number of carbonyl (C=O) groups is 1. The second-order valence-corrected chi connectivity index (χ2v) is 7.27. The van der Waals surface area contributed by atoms with Crippen molar-refractivity contribution < 1.29 is 39.8 Å². The Bertz CT molecular complexity index is 897. The van der Waals surface area contributed by atoms with E-state index in [1.54, 1.807) is 0 Å². The Balaban J connectivity index is 1.78. The number of ether oxygens (including phenoxy) is 2. The van der Waals surface area contributed by atoms with Crippen molar-refractivity contribution in [1.82, 2.24) is 0 Å². The van der Waals surface area contributed by atoms with Crippen molar-refractivity contribution in [3.63, 3.8) is 0 Å². The second-order valence-electron chi connectivity index (χ2n) is 7.27. The van der Waals surface area contributed by atoms with Crippen LogP contribution in [-0.4, -0.2) is 62.3 Å². The van der Waals surface area contributed by atoms with Crippen molar-refractivity contribution in [2.75, 3.05) is 6.61 Å². The number of hydrogen-bond donors (Lipinski definition) is 5. The zero-order chi connectivity index (χ0) is 20.7. The zero-order valence-corrected chi connectivity index (χ0v) is 15.4. The van der Waals surface area contributed by atoms with Crippen molar-refractivity contribution in [3.8, 4) is 11.5 Å². The number of aromatic hydroxyl groups is 1. The van der Waals surface area contributed by atoms with Crippen molar-refractivity contribution in [2.45, 2.75) is 43.0 Å². The summed E-state index contributed by atoms with van der Waals surface area (Å²) in [6.07, 6.45) is -7.73. The van der Waals surface area contributed by atoms with Crippen LogP contribution < -0.4 is 4.74 Å². The highest BCUT2D eigenvalue weighted by atomic mass is 16.5. The van der Waals surface area contributed by atoms with E-state index in [2.05, 4.69) is 0 Å². The molecule has 1 saturated heterocycles. The molecule has 4 rings (SSSR count). The fourth-order valence-electron chi connectivity index (χ4n) is 3.87. The van der Waals surface area contributed by atoms with Gasteiger partial charge in [-0.25, -0.2) is 0 Å². The summed E-state index contributed by atoms with van der Waals surface area (Å²) in [7, 11) is 0. The first kappa shape index (κ1) is 19.8. The topological polar surface area (TPSA) is 137 Å². The first-order valence-electron chi connectivity index (χ1n) is 9.33. The van der Waals surface area contributed by atoms with E-state index in [4.69, 9.17) is 9.47 Å². The predicted molar refractivity (Wildman–Crippen MR) is 99.6 cm³/mol. The van der Waals surface area contributed by atoms with Gasteiger partial charge in [0.15, 0.2) is 5.78 Å². The van der Waals surface area contributed by atoms with Gasteiger partial charge in [0.25, 0.3) is 0 Å². The zero-order valence-electron chi connectivity index (χ0n) is 15.4. The van der Waals surface area contributed by atoms with Crippen molar-refractivity contribution in [2.24, 2.45) is 0 Å². The molecule has 154 valence electrons. The first-order chi connectivity index (χ1) is 13.9. The summed E-state index contributed by atoms with van der Waals surface area (Å²) in [4.78, 5) is 12.7. The minimum atomic E-state index is -1.62. The molecular formula is C21H22O8. The Labute approximate surface area is 166 Å². The highest BCUT2D eigenvalue weighted by molar-refractivity contribution is 6.00. The van der Waals surface area contributed by atoms with Crippen LogP contribution in [0.4, 0.5) is 0 Å². The van der Waals surface area contributed by atoms with Gasteiger partial charge in [-0.05, 0) is 17.7 Å². The van der Waals surface area contributed by atoms with Gasteiger partial charge in [-0.15, -0.1) is 0 Å². The fraction of sp³-hybridized carbons (Fsp3) is 0.381. The minimum absolute atomic E-state index is 0.00613. The molecule has 0 saturated carbocycles. The Kier molecular flexibility index (Phi) is 5.28. The lowest BCUT2D eigenvalue weighted by molar-refractivity contribution is -0.232. The number of ketones is 1. The molecule has 2 heterocycles. The summed E-state index contributed by atoms with van der Waals surface area (Å²) in [5.41, 5.74) is 0.991. The van der Waals surface area contributed by atoms with Crippen LogP contribution in [0.15, 0.2) is 42.5 Å². The molecule has 0 aromatic heterocycles. The van der Waals surface area contributed by atoms with Gasteiger partial charge in [-0.3, -0.25) is 4.79 Å². The molecule has 0 bridgehead atoms. The number of fused-ring (bicyclic) bond motifs is 1. The molecule has 0 amide bonds. The molecule has 0 aliphatic carbocycles. The highest BCUT2D eigenvalue weighted by Gasteiger charge is 2.47. The summed E-state index contributed by atoms with van der Waals surface area (Å²) in [5, 5.41) is 50.6. The Hall–Kier alpha value is -2.49. The van der Waals surface area contributed by atoms with Crippen molar-refractivity contribution in [1.29, 1.82) is 0 Å². The molecule has 6 atom stereocenters. The molecule has 2 aliphatic heterocycles. The van der Waals surface area contributed by atoms with Gasteiger partial charge >= 0.3 is 0 Å². The minimum Gasteiger partial charge on any atom is -0.507 e. The van der Waals surface area contributed by atoms with Gasteiger partial charge < -0.3 is 35.0 Å². The van der Waals surface area contributed by atoms with Crippen LogP contribution in [0.5, 0.6) is 11.5 Å². The SMILES string of the molecule is O=C1C[C@H](c2ccccc2)Oc2c1ccc(O)c2[C@@H]1O[C@H](CO)[C@@H](O)[C@H](O)[C@H]1O. The number of aliphatic hydroxyl groups is 4. The molecule has 2 aromatic rings. The number of hydrogen-bond acceptors (Lipinski definition) is 8. The predicted octanol–water partition coefficient (Wildman–Crippen LogP) is 0.614.